The number of carbonyl (C=O) groups excluding carboxylic acids is 1. The minimum Gasteiger partial charge on any atom is -0.493 e. The largest absolute Gasteiger partial charge is 0.493 e. The predicted octanol–water partition coefficient (Wildman–Crippen LogP) is 3.04. The van der Waals surface area contributed by atoms with Crippen molar-refractivity contribution < 1.29 is 14.3 Å². The number of amides is 2. The number of nitrogens with zero attached hydrogens (tertiary/aromatic N) is 3. The normalized spacial score (nSPS) is 20.9. The number of ether oxygens (including phenoxy) is 2. The molecule has 0 radical (unpaired) electrons. The molecule has 0 N–H and O–H groups in total. The van der Waals surface area contributed by atoms with Gasteiger partial charge in [0.2, 0.25) is 0 Å². The molecular weight excluding hydrogens is 378 g/mol. The summed E-state index contributed by atoms with van der Waals surface area (Å²) in [5.41, 5.74) is 2.77. The smallest absolute Gasteiger partial charge is 0.320 e. The Labute approximate surface area is 181 Å². The van der Waals surface area contributed by atoms with Gasteiger partial charge in [-0.25, -0.2) is 4.79 Å². The predicted molar refractivity (Wildman–Crippen MR) is 118 cm³/mol. The molecule has 2 saturated heterocycles. The van der Waals surface area contributed by atoms with E-state index in [0.717, 1.165) is 77.3 Å². The zero-order valence-corrected chi connectivity index (χ0v) is 18.6. The molecule has 4 rings (SSSR count). The number of likely N-dealkylation sites (tertiary alicyclic amines) is 1. The van der Waals surface area contributed by atoms with Crippen molar-refractivity contribution in [3.8, 4) is 5.75 Å². The van der Waals surface area contributed by atoms with Gasteiger partial charge in [-0.2, -0.15) is 0 Å². The van der Waals surface area contributed by atoms with Gasteiger partial charge in [-0.05, 0) is 55.8 Å². The summed E-state index contributed by atoms with van der Waals surface area (Å²) < 4.78 is 11.0. The second kappa shape index (κ2) is 10.0. The summed E-state index contributed by atoms with van der Waals surface area (Å²) >= 11 is 0. The van der Waals surface area contributed by atoms with E-state index in [2.05, 4.69) is 36.9 Å². The van der Waals surface area contributed by atoms with E-state index in [0.29, 0.717) is 25.2 Å². The van der Waals surface area contributed by atoms with Crippen molar-refractivity contribution in [2.24, 2.45) is 5.92 Å². The summed E-state index contributed by atoms with van der Waals surface area (Å²) in [4.78, 5) is 19.3. The van der Waals surface area contributed by atoms with Crippen LogP contribution >= 0.6 is 0 Å². The topological polar surface area (TPSA) is 45.2 Å². The van der Waals surface area contributed by atoms with Crippen molar-refractivity contribution in [1.29, 1.82) is 0 Å². The molecule has 6 heteroatoms. The lowest BCUT2D eigenvalue weighted by Gasteiger charge is -2.39. The minimum absolute atomic E-state index is 0.207. The lowest BCUT2D eigenvalue weighted by atomic mass is 9.95. The Morgan fingerprint density at radius 1 is 1.13 bits per heavy atom. The van der Waals surface area contributed by atoms with E-state index < -0.39 is 0 Å². The lowest BCUT2D eigenvalue weighted by molar-refractivity contribution is 0.0387. The highest BCUT2D eigenvalue weighted by atomic mass is 16.5. The number of hydrogen-bond acceptors (Lipinski definition) is 4. The zero-order valence-electron chi connectivity index (χ0n) is 18.6. The SMILES string of the molecule is CCN(CC1CCN(C(=O)N2CCOCC2)CC1)[C@@H](C)Cc1ccc2c(c1)CCO2. The van der Waals surface area contributed by atoms with Crippen LogP contribution in [0, 0.1) is 5.92 Å². The van der Waals surface area contributed by atoms with Crippen molar-refractivity contribution in [1.82, 2.24) is 14.7 Å². The van der Waals surface area contributed by atoms with E-state index in [9.17, 15) is 4.79 Å². The Hall–Kier alpha value is -1.79. The van der Waals surface area contributed by atoms with Crippen LogP contribution < -0.4 is 4.74 Å². The maximum Gasteiger partial charge on any atom is 0.320 e. The fourth-order valence-corrected chi connectivity index (χ4v) is 5.05. The van der Waals surface area contributed by atoms with Gasteiger partial charge < -0.3 is 24.2 Å². The number of carbonyl (C=O) groups is 1. The summed E-state index contributed by atoms with van der Waals surface area (Å²) in [5.74, 6) is 1.74. The van der Waals surface area contributed by atoms with Crippen LogP contribution in [-0.4, -0.2) is 85.9 Å². The summed E-state index contributed by atoms with van der Waals surface area (Å²) in [7, 11) is 0. The van der Waals surface area contributed by atoms with E-state index in [1.54, 1.807) is 0 Å². The Bertz CT molecular complexity index is 712. The van der Waals surface area contributed by atoms with Crippen LogP contribution in [0.2, 0.25) is 0 Å². The highest BCUT2D eigenvalue weighted by molar-refractivity contribution is 5.74. The molecule has 3 aliphatic heterocycles. The minimum atomic E-state index is 0.207. The average Bonchev–Trinajstić information content (AvgIpc) is 3.26. The monoisotopic (exact) mass is 415 g/mol. The molecule has 0 aromatic heterocycles. The Morgan fingerprint density at radius 3 is 2.60 bits per heavy atom. The van der Waals surface area contributed by atoms with Gasteiger partial charge in [0.1, 0.15) is 5.75 Å². The van der Waals surface area contributed by atoms with E-state index in [-0.39, 0.29) is 6.03 Å². The third-order valence-electron chi connectivity index (χ3n) is 6.97. The summed E-state index contributed by atoms with van der Waals surface area (Å²) in [6.07, 6.45) is 4.33. The lowest BCUT2D eigenvalue weighted by Crippen LogP contribution is -2.51. The van der Waals surface area contributed by atoms with Gasteiger partial charge in [0.15, 0.2) is 0 Å². The summed E-state index contributed by atoms with van der Waals surface area (Å²) in [6.45, 7) is 12.2. The van der Waals surface area contributed by atoms with Gasteiger partial charge in [0, 0.05) is 45.2 Å². The zero-order chi connectivity index (χ0) is 20.9. The molecule has 1 aromatic carbocycles. The molecule has 166 valence electrons. The molecule has 0 aliphatic carbocycles. The van der Waals surface area contributed by atoms with Crippen LogP contribution in [0.3, 0.4) is 0 Å². The molecule has 3 heterocycles. The number of fused-ring (bicyclic) bond motifs is 1. The standard InChI is InChI=1S/C24H37N3O3/c1-3-25(19(2)16-21-4-5-23-22(17-21)8-13-30-23)18-20-6-9-26(10-7-20)24(28)27-11-14-29-15-12-27/h4-5,17,19-20H,3,6-16,18H2,1-2H3/t19-/m0/s1. The van der Waals surface area contributed by atoms with Crippen LogP contribution in [0.5, 0.6) is 5.75 Å². The first kappa shape index (κ1) is 21.4. The van der Waals surface area contributed by atoms with E-state index in [1.165, 1.54) is 11.1 Å². The molecule has 0 saturated carbocycles. The molecule has 3 aliphatic rings. The highest BCUT2D eigenvalue weighted by Crippen LogP contribution is 2.27. The van der Waals surface area contributed by atoms with Gasteiger partial charge >= 0.3 is 6.03 Å². The Balaban J connectivity index is 1.25. The van der Waals surface area contributed by atoms with Crippen molar-refractivity contribution in [2.45, 2.75) is 45.6 Å². The van der Waals surface area contributed by atoms with Crippen LogP contribution in [0.15, 0.2) is 18.2 Å². The maximum absolute atomic E-state index is 12.7. The molecule has 0 bridgehead atoms. The number of piperidine rings is 1. The van der Waals surface area contributed by atoms with Crippen molar-refractivity contribution in [3.63, 3.8) is 0 Å². The molecule has 2 fully saturated rings. The Kier molecular flexibility index (Phi) is 7.16. The summed E-state index contributed by atoms with van der Waals surface area (Å²) in [5, 5.41) is 0. The van der Waals surface area contributed by atoms with Crippen molar-refractivity contribution in [3.05, 3.63) is 29.3 Å². The van der Waals surface area contributed by atoms with Crippen LogP contribution in [0.25, 0.3) is 0 Å². The van der Waals surface area contributed by atoms with Gasteiger partial charge in [0.25, 0.3) is 0 Å². The molecule has 6 nitrogen and oxygen atoms in total. The van der Waals surface area contributed by atoms with E-state index >= 15 is 0 Å². The summed E-state index contributed by atoms with van der Waals surface area (Å²) in [6, 6.07) is 7.43. The third-order valence-corrected chi connectivity index (χ3v) is 6.97. The molecule has 0 unspecified atom stereocenters. The number of hydrogen-bond donors (Lipinski definition) is 0. The van der Waals surface area contributed by atoms with Crippen LogP contribution in [0.4, 0.5) is 4.79 Å². The number of likely N-dealkylation sites (N-methyl/N-ethyl adjacent to an activating group) is 1. The molecule has 0 spiro atoms. The first-order valence-electron chi connectivity index (χ1n) is 11.7. The fraction of sp³-hybridized carbons (Fsp3) is 0.708. The Morgan fingerprint density at radius 2 is 1.87 bits per heavy atom. The van der Waals surface area contributed by atoms with Gasteiger partial charge in [0.05, 0.1) is 19.8 Å². The van der Waals surface area contributed by atoms with E-state index in [4.69, 9.17) is 9.47 Å². The third kappa shape index (κ3) is 5.09. The molecule has 30 heavy (non-hydrogen) atoms. The van der Waals surface area contributed by atoms with E-state index in [1.807, 2.05) is 9.80 Å². The number of benzene rings is 1. The van der Waals surface area contributed by atoms with Crippen LogP contribution in [-0.2, 0) is 17.6 Å². The van der Waals surface area contributed by atoms with Gasteiger partial charge in [-0.1, -0.05) is 19.1 Å². The molecule has 1 atom stereocenters. The maximum atomic E-state index is 12.7. The van der Waals surface area contributed by atoms with Gasteiger partial charge in [-0.15, -0.1) is 0 Å². The van der Waals surface area contributed by atoms with Crippen molar-refractivity contribution in [2.75, 3.05) is 59.1 Å². The first-order valence-corrected chi connectivity index (χ1v) is 11.7. The number of rotatable bonds is 6. The van der Waals surface area contributed by atoms with Crippen molar-refractivity contribution >= 4 is 6.03 Å². The molecule has 2 amide bonds. The van der Waals surface area contributed by atoms with Gasteiger partial charge in [-0.3, -0.25) is 0 Å². The van der Waals surface area contributed by atoms with Crippen LogP contribution in [0.1, 0.15) is 37.8 Å². The first-order chi connectivity index (χ1) is 14.6. The quantitative estimate of drug-likeness (QED) is 0.716. The number of morpholine rings is 1. The second-order valence-corrected chi connectivity index (χ2v) is 8.99. The molecule has 1 aromatic rings. The second-order valence-electron chi connectivity index (χ2n) is 8.99. The average molecular weight is 416 g/mol. The highest BCUT2D eigenvalue weighted by Gasteiger charge is 2.28. The fourth-order valence-electron chi connectivity index (χ4n) is 5.05. The molecular formula is C24H37N3O3. The number of urea groups is 1.